The van der Waals surface area contributed by atoms with Gasteiger partial charge in [0.05, 0.1) is 0 Å². The monoisotopic (exact) mass is 239 g/mol. The largest absolute Gasteiger partial charge is 0.328 e. The lowest BCUT2D eigenvalue weighted by atomic mass is 9.91. The normalized spacial score (nSPS) is 31.9. The third-order valence-electron chi connectivity index (χ3n) is 4.58. The minimum Gasteiger partial charge on any atom is -0.328 e. The maximum absolute atomic E-state index is 5.96. The molecule has 0 aromatic heterocycles. The summed E-state index contributed by atoms with van der Waals surface area (Å²) in [4.78, 5) is 5.20. The van der Waals surface area contributed by atoms with Crippen LogP contribution in [0, 0.1) is 0 Å². The smallest absolute Gasteiger partial charge is 0.0109 e. The number of hydrogen-bond acceptors (Lipinski definition) is 3. The molecule has 17 heavy (non-hydrogen) atoms. The van der Waals surface area contributed by atoms with Crippen molar-refractivity contribution >= 4 is 0 Å². The molecule has 0 unspecified atom stereocenters. The van der Waals surface area contributed by atoms with Gasteiger partial charge in [-0.25, -0.2) is 0 Å². The van der Waals surface area contributed by atoms with E-state index in [1.165, 1.54) is 71.1 Å². The van der Waals surface area contributed by atoms with Crippen LogP contribution in [0.3, 0.4) is 0 Å². The van der Waals surface area contributed by atoms with E-state index in [1.807, 2.05) is 0 Å². The second-order valence-corrected chi connectivity index (χ2v) is 5.95. The number of likely N-dealkylation sites (N-methyl/N-ethyl adjacent to an activating group) is 1. The van der Waals surface area contributed by atoms with E-state index in [2.05, 4.69) is 16.8 Å². The molecule has 1 aliphatic carbocycles. The Hall–Kier alpha value is -0.120. The molecule has 2 N–H and O–H groups in total. The van der Waals surface area contributed by atoms with Crippen LogP contribution in [-0.4, -0.2) is 55.1 Å². The van der Waals surface area contributed by atoms with Gasteiger partial charge in [-0.3, -0.25) is 0 Å². The van der Waals surface area contributed by atoms with Gasteiger partial charge in [-0.05, 0) is 58.7 Å². The van der Waals surface area contributed by atoms with Crippen LogP contribution >= 0.6 is 0 Å². The summed E-state index contributed by atoms with van der Waals surface area (Å²) >= 11 is 0. The SMILES string of the molecule is CN(CCN1CCCCC1)C1CCC(N)CC1. The van der Waals surface area contributed by atoms with Crippen molar-refractivity contribution in [3.63, 3.8) is 0 Å². The lowest BCUT2D eigenvalue weighted by Gasteiger charge is -2.35. The van der Waals surface area contributed by atoms with Crippen molar-refractivity contribution in [3.05, 3.63) is 0 Å². The molecule has 1 saturated heterocycles. The summed E-state index contributed by atoms with van der Waals surface area (Å²) in [5, 5.41) is 0. The third kappa shape index (κ3) is 4.23. The van der Waals surface area contributed by atoms with Crippen molar-refractivity contribution in [2.45, 2.75) is 57.0 Å². The number of nitrogens with zero attached hydrogens (tertiary/aromatic N) is 2. The number of likely N-dealkylation sites (tertiary alicyclic amines) is 1. The van der Waals surface area contributed by atoms with E-state index in [0.29, 0.717) is 6.04 Å². The van der Waals surface area contributed by atoms with Crippen LogP contribution < -0.4 is 5.73 Å². The van der Waals surface area contributed by atoms with Crippen molar-refractivity contribution in [2.24, 2.45) is 5.73 Å². The summed E-state index contributed by atoms with van der Waals surface area (Å²) in [7, 11) is 2.30. The first kappa shape index (κ1) is 13.3. The number of hydrogen-bond donors (Lipinski definition) is 1. The predicted molar refractivity (Wildman–Crippen MR) is 73.2 cm³/mol. The maximum atomic E-state index is 5.96. The Morgan fingerprint density at radius 2 is 1.71 bits per heavy atom. The first-order valence-corrected chi connectivity index (χ1v) is 7.44. The molecule has 3 heteroatoms. The highest BCUT2D eigenvalue weighted by molar-refractivity contribution is 4.80. The van der Waals surface area contributed by atoms with Gasteiger partial charge < -0.3 is 15.5 Å². The van der Waals surface area contributed by atoms with Crippen LogP contribution in [0.15, 0.2) is 0 Å². The fraction of sp³-hybridized carbons (Fsp3) is 1.00. The Morgan fingerprint density at radius 1 is 1.06 bits per heavy atom. The van der Waals surface area contributed by atoms with Crippen LogP contribution in [0.25, 0.3) is 0 Å². The standard InChI is InChI=1S/C14H29N3/c1-16(14-7-5-13(15)6-8-14)11-12-17-9-3-2-4-10-17/h13-14H,2-12,15H2,1H3. The molecular formula is C14H29N3. The Labute approximate surface area is 106 Å². The molecule has 0 spiro atoms. The topological polar surface area (TPSA) is 32.5 Å². The van der Waals surface area contributed by atoms with Crippen molar-refractivity contribution < 1.29 is 0 Å². The summed E-state index contributed by atoms with van der Waals surface area (Å²) in [6.45, 7) is 5.14. The minimum absolute atomic E-state index is 0.474. The Bertz CT molecular complexity index is 206. The molecule has 1 heterocycles. The fourth-order valence-corrected chi connectivity index (χ4v) is 3.21. The van der Waals surface area contributed by atoms with Gasteiger partial charge in [-0.1, -0.05) is 6.42 Å². The van der Waals surface area contributed by atoms with Gasteiger partial charge >= 0.3 is 0 Å². The number of piperidine rings is 1. The van der Waals surface area contributed by atoms with Crippen LogP contribution in [-0.2, 0) is 0 Å². The van der Waals surface area contributed by atoms with Gasteiger partial charge in [0.15, 0.2) is 0 Å². The number of nitrogens with two attached hydrogens (primary N) is 1. The first-order valence-electron chi connectivity index (χ1n) is 7.44. The molecule has 2 rings (SSSR count). The quantitative estimate of drug-likeness (QED) is 0.810. The highest BCUT2D eigenvalue weighted by atomic mass is 15.2. The molecule has 1 saturated carbocycles. The molecule has 0 amide bonds. The zero-order chi connectivity index (χ0) is 12.1. The fourth-order valence-electron chi connectivity index (χ4n) is 3.21. The van der Waals surface area contributed by atoms with E-state index in [1.54, 1.807) is 0 Å². The van der Waals surface area contributed by atoms with Crippen molar-refractivity contribution in [2.75, 3.05) is 33.2 Å². The van der Waals surface area contributed by atoms with Crippen LogP contribution in [0.5, 0.6) is 0 Å². The highest BCUT2D eigenvalue weighted by Crippen LogP contribution is 2.21. The average Bonchev–Trinajstić information content (AvgIpc) is 2.38. The Kier molecular flexibility index (Phi) is 5.26. The van der Waals surface area contributed by atoms with Gasteiger partial charge in [-0.15, -0.1) is 0 Å². The summed E-state index contributed by atoms with van der Waals surface area (Å²) < 4.78 is 0. The molecule has 3 nitrogen and oxygen atoms in total. The lowest BCUT2D eigenvalue weighted by molar-refractivity contribution is 0.145. The van der Waals surface area contributed by atoms with E-state index in [9.17, 15) is 0 Å². The van der Waals surface area contributed by atoms with Gasteiger partial charge in [0.2, 0.25) is 0 Å². The second kappa shape index (κ2) is 6.72. The van der Waals surface area contributed by atoms with Crippen molar-refractivity contribution in [1.82, 2.24) is 9.80 Å². The van der Waals surface area contributed by atoms with Crippen LogP contribution in [0.1, 0.15) is 44.9 Å². The maximum Gasteiger partial charge on any atom is 0.0109 e. The number of rotatable bonds is 4. The van der Waals surface area contributed by atoms with Crippen molar-refractivity contribution in [3.8, 4) is 0 Å². The van der Waals surface area contributed by atoms with E-state index in [4.69, 9.17) is 5.73 Å². The van der Waals surface area contributed by atoms with E-state index < -0.39 is 0 Å². The summed E-state index contributed by atoms with van der Waals surface area (Å²) in [5.74, 6) is 0. The molecule has 0 radical (unpaired) electrons. The molecule has 0 atom stereocenters. The summed E-state index contributed by atoms with van der Waals surface area (Å²) in [5.41, 5.74) is 5.96. The zero-order valence-corrected chi connectivity index (χ0v) is 11.4. The molecule has 100 valence electrons. The average molecular weight is 239 g/mol. The summed E-state index contributed by atoms with van der Waals surface area (Å²) in [6.07, 6.45) is 9.30. The van der Waals surface area contributed by atoms with E-state index in [-0.39, 0.29) is 0 Å². The summed E-state index contributed by atoms with van der Waals surface area (Å²) in [6, 6.07) is 1.27. The Morgan fingerprint density at radius 3 is 2.35 bits per heavy atom. The zero-order valence-electron chi connectivity index (χ0n) is 11.4. The molecule has 2 fully saturated rings. The van der Waals surface area contributed by atoms with Crippen LogP contribution in [0.2, 0.25) is 0 Å². The van der Waals surface area contributed by atoms with E-state index in [0.717, 1.165) is 6.04 Å². The Balaban J connectivity index is 1.64. The molecule has 1 aliphatic heterocycles. The second-order valence-electron chi connectivity index (χ2n) is 5.95. The predicted octanol–water partition coefficient (Wildman–Crippen LogP) is 1.67. The molecular weight excluding hydrogens is 210 g/mol. The van der Waals surface area contributed by atoms with Gasteiger partial charge in [0.25, 0.3) is 0 Å². The third-order valence-corrected chi connectivity index (χ3v) is 4.58. The lowest BCUT2D eigenvalue weighted by Crippen LogP contribution is -2.43. The van der Waals surface area contributed by atoms with Crippen LogP contribution in [0.4, 0.5) is 0 Å². The molecule has 0 aromatic carbocycles. The van der Waals surface area contributed by atoms with E-state index >= 15 is 0 Å². The highest BCUT2D eigenvalue weighted by Gasteiger charge is 2.22. The van der Waals surface area contributed by atoms with Gasteiger partial charge in [-0.2, -0.15) is 0 Å². The first-order chi connectivity index (χ1) is 8.25. The van der Waals surface area contributed by atoms with Gasteiger partial charge in [0, 0.05) is 25.2 Å². The van der Waals surface area contributed by atoms with Crippen molar-refractivity contribution in [1.29, 1.82) is 0 Å². The molecule has 2 aliphatic rings. The minimum atomic E-state index is 0.474. The van der Waals surface area contributed by atoms with Gasteiger partial charge in [0.1, 0.15) is 0 Å². The molecule has 0 aromatic rings. The molecule has 0 bridgehead atoms.